The van der Waals surface area contributed by atoms with E-state index in [2.05, 4.69) is 5.32 Å². The molecular formula is C19H22FNO2. The number of hydrogen-bond acceptors (Lipinski definition) is 2. The molecule has 0 aliphatic heterocycles. The van der Waals surface area contributed by atoms with Gasteiger partial charge in [0.1, 0.15) is 11.6 Å². The summed E-state index contributed by atoms with van der Waals surface area (Å²) < 4.78 is 18.7. The van der Waals surface area contributed by atoms with Crippen molar-refractivity contribution in [1.29, 1.82) is 0 Å². The third-order valence-corrected chi connectivity index (χ3v) is 3.73. The van der Waals surface area contributed by atoms with Crippen molar-refractivity contribution in [2.45, 2.75) is 39.8 Å². The van der Waals surface area contributed by atoms with E-state index in [4.69, 9.17) is 4.74 Å². The van der Waals surface area contributed by atoms with Crippen LogP contribution in [-0.2, 0) is 4.79 Å². The lowest BCUT2D eigenvalue weighted by Crippen LogP contribution is -2.37. The van der Waals surface area contributed by atoms with Gasteiger partial charge in [0.05, 0.1) is 6.04 Å². The second kappa shape index (κ2) is 7.27. The Morgan fingerprint density at radius 1 is 1.09 bits per heavy atom. The van der Waals surface area contributed by atoms with E-state index in [0.29, 0.717) is 5.75 Å². The van der Waals surface area contributed by atoms with Gasteiger partial charge in [-0.1, -0.05) is 29.8 Å². The van der Waals surface area contributed by atoms with E-state index in [0.717, 1.165) is 16.7 Å². The maximum absolute atomic E-state index is 12.9. The molecule has 4 heteroatoms. The molecule has 0 heterocycles. The molecule has 0 spiro atoms. The first-order valence-corrected chi connectivity index (χ1v) is 7.66. The number of aryl methyl sites for hydroxylation is 2. The van der Waals surface area contributed by atoms with Crippen LogP contribution in [0.3, 0.4) is 0 Å². The predicted molar refractivity (Wildman–Crippen MR) is 89.0 cm³/mol. The fourth-order valence-corrected chi connectivity index (χ4v) is 2.34. The van der Waals surface area contributed by atoms with Gasteiger partial charge in [0.15, 0.2) is 6.10 Å². The second-order valence-electron chi connectivity index (χ2n) is 5.81. The van der Waals surface area contributed by atoms with E-state index >= 15 is 0 Å². The Labute approximate surface area is 136 Å². The lowest BCUT2D eigenvalue weighted by Gasteiger charge is -2.20. The van der Waals surface area contributed by atoms with Crippen LogP contribution in [0.2, 0.25) is 0 Å². The van der Waals surface area contributed by atoms with E-state index in [9.17, 15) is 9.18 Å². The summed E-state index contributed by atoms with van der Waals surface area (Å²) in [7, 11) is 0. The molecule has 122 valence electrons. The van der Waals surface area contributed by atoms with Gasteiger partial charge in [-0.15, -0.1) is 0 Å². The number of carbonyl (C=O) groups is 1. The molecule has 2 aromatic rings. The molecule has 2 aromatic carbocycles. The first-order valence-electron chi connectivity index (χ1n) is 7.66. The summed E-state index contributed by atoms with van der Waals surface area (Å²) in [5, 5.41) is 2.88. The zero-order valence-electron chi connectivity index (χ0n) is 13.9. The van der Waals surface area contributed by atoms with Gasteiger partial charge >= 0.3 is 0 Å². The van der Waals surface area contributed by atoms with Crippen LogP contribution < -0.4 is 10.1 Å². The molecule has 0 radical (unpaired) electrons. The minimum Gasteiger partial charge on any atom is -0.481 e. The van der Waals surface area contributed by atoms with Crippen molar-refractivity contribution < 1.29 is 13.9 Å². The number of halogens is 1. The maximum Gasteiger partial charge on any atom is 0.261 e. The van der Waals surface area contributed by atoms with E-state index in [1.807, 2.05) is 39.0 Å². The molecule has 0 saturated carbocycles. The van der Waals surface area contributed by atoms with Crippen LogP contribution in [-0.4, -0.2) is 12.0 Å². The molecule has 0 bridgehead atoms. The number of benzene rings is 2. The Morgan fingerprint density at radius 2 is 1.74 bits per heavy atom. The van der Waals surface area contributed by atoms with Crippen molar-refractivity contribution in [3.05, 3.63) is 65.0 Å². The van der Waals surface area contributed by atoms with Crippen molar-refractivity contribution in [2.24, 2.45) is 0 Å². The van der Waals surface area contributed by atoms with E-state index < -0.39 is 6.10 Å². The zero-order valence-corrected chi connectivity index (χ0v) is 13.9. The molecule has 2 rings (SSSR count). The first-order chi connectivity index (χ1) is 10.9. The summed E-state index contributed by atoms with van der Waals surface area (Å²) in [5.41, 5.74) is 2.99. The Hall–Kier alpha value is -2.36. The number of ether oxygens (including phenoxy) is 1. The quantitative estimate of drug-likeness (QED) is 0.902. The fraction of sp³-hybridized carbons (Fsp3) is 0.316. The molecule has 0 saturated heterocycles. The highest BCUT2D eigenvalue weighted by Gasteiger charge is 2.18. The highest BCUT2D eigenvalue weighted by atomic mass is 19.1. The van der Waals surface area contributed by atoms with Crippen molar-refractivity contribution in [1.82, 2.24) is 5.32 Å². The molecule has 0 aromatic heterocycles. The third-order valence-electron chi connectivity index (χ3n) is 3.73. The van der Waals surface area contributed by atoms with Gasteiger partial charge in [-0.2, -0.15) is 0 Å². The van der Waals surface area contributed by atoms with Crippen LogP contribution in [0.5, 0.6) is 5.75 Å². The maximum atomic E-state index is 12.9. The standard InChI is InChI=1S/C19H22FNO2/c1-12-5-10-18(13(2)11-12)23-15(4)19(22)21-14(3)16-6-8-17(20)9-7-16/h5-11,14-15H,1-4H3,(H,21,22)/t14-,15+/m1/s1. The van der Waals surface area contributed by atoms with Crippen LogP contribution in [0.4, 0.5) is 4.39 Å². The van der Waals surface area contributed by atoms with Gasteiger partial charge in [-0.05, 0) is 57.0 Å². The highest BCUT2D eigenvalue weighted by Crippen LogP contribution is 2.20. The Morgan fingerprint density at radius 3 is 2.35 bits per heavy atom. The minimum absolute atomic E-state index is 0.207. The Bertz CT molecular complexity index is 682. The normalized spacial score (nSPS) is 13.3. The van der Waals surface area contributed by atoms with Gasteiger partial charge in [0, 0.05) is 0 Å². The molecule has 1 amide bonds. The van der Waals surface area contributed by atoms with Gasteiger partial charge in [0.2, 0.25) is 0 Å². The summed E-state index contributed by atoms with van der Waals surface area (Å²) in [6.45, 7) is 7.53. The molecule has 0 fully saturated rings. The zero-order chi connectivity index (χ0) is 17.0. The average molecular weight is 315 g/mol. The lowest BCUT2D eigenvalue weighted by molar-refractivity contribution is -0.127. The second-order valence-corrected chi connectivity index (χ2v) is 5.81. The Kier molecular flexibility index (Phi) is 5.37. The summed E-state index contributed by atoms with van der Waals surface area (Å²) >= 11 is 0. The predicted octanol–water partition coefficient (Wildman–Crippen LogP) is 4.09. The van der Waals surface area contributed by atoms with Gasteiger partial charge in [-0.25, -0.2) is 4.39 Å². The van der Waals surface area contributed by atoms with Crippen LogP contribution in [0, 0.1) is 19.7 Å². The van der Waals surface area contributed by atoms with Crippen LogP contribution in [0.15, 0.2) is 42.5 Å². The molecule has 23 heavy (non-hydrogen) atoms. The number of amides is 1. The summed E-state index contributed by atoms with van der Waals surface area (Å²) in [6, 6.07) is 11.7. The average Bonchev–Trinajstić information content (AvgIpc) is 2.50. The van der Waals surface area contributed by atoms with Crippen LogP contribution >= 0.6 is 0 Å². The first kappa shape index (κ1) is 17.0. The number of nitrogens with one attached hydrogen (secondary N) is 1. The number of rotatable bonds is 5. The molecule has 3 nitrogen and oxygen atoms in total. The van der Waals surface area contributed by atoms with Gasteiger partial charge in [0.25, 0.3) is 5.91 Å². The van der Waals surface area contributed by atoms with E-state index in [1.54, 1.807) is 19.1 Å². The van der Waals surface area contributed by atoms with Crippen molar-refractivity contribution in [3.8, 4) is 5.75 Å². The van der Waals surface area contributed by atoms with Crippen LogP contribution in [0.25, 0.3) is 0 Å². The lowest BCUT2D eigenvalue weighted by atomic mass is 10.1. The number of carbonyl (C=O) groups excluding carboxylic acids is 1. The number of hydrogen-bond donors (Lipinski definition) is 1. The van der Waals surface area contributed by atoms with Crippen LogP contribution in [0.1, 0.15) is 36.6 Å². The van der Waals surface area contributed by atoms with Gasteiger partial charge < -0.3 is 10.1 Å². The topological polar surface area (TPSA) is 38.3 Å². The molecular weight excluding hydrogens is 293 g/mol. The molecule has 0 aliphatic carbocycles. The smallest absolute Gasteiger partial charge is 0.261 e. The highest BCUT2D eigenvalue weighted by molar-refractivity contribution is 5.81. The van der Waals surface area contributed by atoms with Crippen molar-refractivity contribution >= 4 is 5.91 Å². The Balaban J connectivity index is 1.98. The molecule has 0 unspecified atom stereocenters. The summed E-state index contributed by atoms with van der Waals surface area (Å²) in [5.74, 6) is 0.202. The largest absolute Gasteiger partial charge is 0.481 e. The van der Waals surface area contributed by atoms with E-state index in [-0.39, 0.29) is 17.8 Å². The summed E-state index contributed by atoms with van der Waals surface area (Å²) in [6.07, 6.45) is -0.612. The van der Waals surface area contributed by atoms with Crippen molar-refractivity contribution in [3.63, 3.8) is 0 Å². The minimum atomic E-state index is -0.612. The molecule has 2 atom stereocenters. The SMILES string of the molecule is Cc1ccc(O[C@@H](C)C(=O)N[C@H](C)c2ccc(F)cc2)c(C)c1. The van der Waals surface area contributed by atoms with Crippen molar-refractivity contribution in [2.75, 3.05) is 0 Å². The third kappa shape index (κ3) is 4.55. The monoisotopic (exact) mass is 315 g/mol. The van der Waals surface area contributed by atoms with E-state index in [1.165, 1.54) is 12.1 Å². The van der Waals surface area contributed by atoms with Gasteiger partial charge in [-0.3, -0.25) is 4.79 Å². The summed E-state index contributed by atoms with van der Waals surface area (Å²) in [4.78, 5) is 12.3. The molecule has 1 N–H and O–H groups in total. The molecule has 0 aliphatic rings. The fourth-order valence-electron chi connectivity index (χ4n) is 2.34.